The quantitative estimate of drug-likeness (QED) is 0.885. The summed E-state index contributed by atoms with van der Waals surface area (Å²) in [5.41, 5.74) is 8.56. The van der Waals surface area contributed by atoms with Crippen LogP contribution in [0.1, 0.15) is 37.1 Å². The number of hydrogen-bond donors (Lipinski definition) is 1. The van der Waals surface area contributed by atoms with Crippen molar-refractivity contribution in [1.29, 1.82) is 0 Å². The molecule has 1 aromatic carbocycles. The van der Waals surface area contributed by atoms with Gasteiger partial charge in [-0.2, -0.15) is 0 Å². The molecular weight excluding hydrogens is 266 g/mol. The van der Waals surface area contributed by atoms with Crippen molar-refractivity contribution in [3.8, 4) is 0 Å². The van der Waals surface area contributed by atoms with Gasteiger partial charge in [-0.3, -0.25) is 0 Å². The molecule has 1 aromatic heterocycles. The lowest BCUT2D eigenvalue weighted by Gasteiger charge is -2.18. The molecule has 0 spiro atoms. The zero-order chi connectivity index (χ0) is 13.9. The van der Waals surface area contributed by atoms with Crippen molar-refractivity contribution in [3.05, 3.63) is 47.0 Å². The van der Waals surface area contributed by atoms with Gasteiger partial charge in [-0.1, -0.05) is 30.3 Å². The lowest BCUT2D eigenvalue weighted by atomic mass is 10.0. The van der Waals surface area contributed by atoms with Crippen molar-refractivity contribution in [2.24, 2.45) is 5.73 Å². The second-order valence-corrected chi connectivity index (χ2v) is 6.20. The highest BCUT2D eigenvalue weighted by Gasteiger charge is 2.29. The van der Waals surface area contributed by atoms with E-state index in [0.29, 0.717) is 0 Å². The Morgan fingerprint density at radius 2 is 2.10 bits per heavy atom. The summed E-state index contributed by atoms with van der Waals surface area (Å²) in [6, 6.07) is 11.0. The summed E-state index contributed by atoms with van der Waals surface area (Å²) in [6.07, 6.45) is 3.43. The third-order valence-corrected chi connectivity index (χ3v) is 4.70. The maximum Gasteiger partial charge on any atom is 0.185 e. The zero-order valence-electron chi connectivity index (χ0n) is 11.8. The minimum atomic E-state index is 0.0298. The topological polar surface area (TPSA) is 42.2 Å². The number of nitrogens with zero attached hydrogens (tertiary/aromatic N) is 2. The molecule has 2 N–H and O–H groups in total. The Bertz CT molecular complexity index is 548. The molecular formula is C16H21N3S. The maximum atomic E-state index is 6.27. The van der Waals surface area contributed by atoms with Gasteiger partial charge in [0.1, 0.15) is 0 Å². The smallest absolute Gasteiger partial charge is 0.185 e. The van der Waals surface area contributed by atoms with Crippen LogP contribution in [0.5, 0.6) is 0 Å². The number of hydrogen-bond acceptors (Lipinski definition) is 4. The minimum Gasteiger partial charge on any atom is -0.345 e. The Hall–Kier alpha value is -1.39. The fraction of sp³-hybridized carbons (Fsp3) is 0.438. The van der Waals surface area contributed by atoms with Gasteiger partial charge in [0.05, 0.1) is 5.69 Å². The molecule has 1 heterocycles. The van der Waals surface area contributed by atoms with Crippen LogP contribution in [0, 0.1) is 0 Å². The van der Waals surface area contributed by atoms with Crippen LogP contribution in [0.4, 0.5) is 5.13 Å². The van der Waals surface area contributed by atoms with Crippen LogP contribution in [0.25, 0.3) is 0 Å². The molecule has 0 amide bonds. The van der Waals surface area contributed by atoms with Gasteiger partial charge in [-0.15, -0.1) is 11.3 Å². The van der Waals surface area contributed by atoms with Crippen LogP contribution in [0.3, 0.4) is 0 Å². The summed E-state index contributed by atoms with van der Waals surface area (Å²) in [5.74, 6) is 0. The van der Waals surface area contributed by atoms with Crippen molar-refractivity contribution >= 4 is 16.5 Å². The number of anilines is 1. The number of aromatic nitrogens is 1. The zero-order valence-corrected chi connectivity index (χ0v) is 12.6. The van der Waals surface area contributed by atoms with E-state index in [9.17, 15) is 0 Å². The van der Waals surface area contributed by atoms with Crippen molar-refractivity contribution in [3.63, 3.8) is 0 Å². The average Bonchev–Trinajstić information content (AvgIpc) is 3.21. The summed E-state index contributed by atoms with van der Waals surface area (Å²) >= 11 is 1.75. The monoisotopic (exact) mass is 287 g/mol. The third-order valence-electron chi connectivity index (χ3n) is 3.77. The summed E-state index contributed by atoms with van der Waals surface area (Å²) in [7, 11) is 0. The minimum absolute atomic E-state index is 0.0298. The van der Waals surface area contributed by atoms with Gasteiger partial charge < -0.3 is 10.6 Å². The Morgan fingerprint density at radius 3 is 2.75 bits per heavy atom. The van der Waals surface area contributed by atoms with Gasteiger partial charge in [0.2, 0.25) is 0 Å². The molecule has 0 radical (unpaired) electrons. The van der Waals surface area contributed by atoms with E-state index >= 15 is 0 Å². The number of thiazole rings is 1. The van der Waals surface area contributed by atoms with Crippen LogP contribution < -0.4 is 10.6 Å². The predicted molar refractivity (Wildman–Crippen MR) is 85.2 cm³/mol. The molecule has 1 aliphatic rings. The third kappa shape index (κ3) is 3.02. The molecule has 1 saturated carbocycles. The van der Waals surface area contributed by atoms with E-state index in [1.807, 2.05) is 18.2 Å². The van der Waals surface area contributed by atoms with Gasteiger partial charge >= 0.3 is 0 Å². The van der Waals surface area contributed by atoms with Crippen LogP contribution >= 0.6 is 11.3 Å². The van der Waals surface area contributed by atoms with Crippen LogP contribution in [0.15, 0.2) is 35.7 Å². The van der Waals surface area contributed by atoms with Crippen molar-refractivity contribution < 1.29 is 0 Å². The molecule has 3 nitrogen and oxygen atoms in total. The van der Waals surface area contributed by atoms with E-state index in [-0.39, 0.29) is 6.04 Å². The SMILES string of the molecule is CCN(c1nc(CC(N)c2ccccc2)cs1)C1CC1. The molecule has 1 aliphatic carbocycles. The lowest BCUT2D eigenvalue weighted by molar-refractivity contribution is 0.707. The maximum absolute atomic E-state index is 6.27. The van der Waals surface area contributed by atoms with Crippen molar-refractivity contribution in [2.45, 2.75) is 38.3 Å². The Balaban J connectivity index is 1.68. The normalized spacial score (nSPS) is 16.1. The van der Waals surface area contributed by atoms with E-state index in [1.165, 1.54) is 18.4 Å². The van der Waals surface area contributed by atoms with E-state index in [4.69, 9.17) is 10.7 Å². The molecule has 0 bridgehead atoms. The predicted octanol–water partition coefficient (Wildman–Crippen LogP) is 3.37. The first-order valence-corrected chi connectivity index (χ1v) is 8.17. The fourth-order valence-electron chi connectivity index (χ4n) is 2.50. The highest BCUT2D eigenvalue weighted by Crippen LogP contribution is 2.33. The molecule has 2 aromatic rings. The second kappa shape index (κ2) is 5.94. The van der Waals surface area contributed by atoms with E-state index < -0.39 is 0 Å². The van der Waals surface area contributed by atoms with Crippen molar-refractivity contribution in [1.82, 2.24) is 4.98 Å². The first kappa shape index (κ1) is 13.6. The van der Waals surface area contributed by atoms with Crippen LogP contribution in [-0.4, -0.2) is 17.6 Å². The fourth-order valence-corrected chi connectivity index (χ4v) is 3.48. The molecule has 1 atom stereocenters. The van der Waals surface area contributed by atoms with Crippen LogP contribution in [-0.2, 0) is 6.42 Å². The molecule has 4 heteroatoms. The first-order chi connectivity index (χ1) is 9.78. The van der Waals surface area contributed by atoms with E-state index in [0.717, 1.165) is 29.8 Å². The summed E-state index contributed by atoms with van der Waals surface area (Å²) < 4.78 is 0. The molecule has 1 unspecified atom stereocenters. The van der Waals surface area contributed by atoms with E-state index in [1.54, 1.807) is 11.3 Å². The number of benzene rings is 1. The number of nitrogens with two attached hydrogens (primary N) is 1. The molecule has 1 fully saturated rings. The molecule has 20 heavy (non-hydrogen) atoms. The standard InChI is InChI=1S/C16H21N3S/c1-2-19(14-8-9-14)16-18-13(11-20-16)10-15(17)12-6-4-3-5-7-12/h3-7,11,14-15H,2,8-10,17H2,1H3. The molecule has 106 valence electrons. The molecule has 3 rings (SSSR count). The average molecular weight is 287 g/mol. The Morgan fingerprint density at radius 1 is 1.35 bits per heavy atom. The van der Waals surface area contributed by atoms with Gasteiger partial charge in [0.15, 0.2) is 5.13 Å². The first-order valence-electron chi connectivity index (χ1n) is 7.29. The molecule has 0 aliphatic heterocycles. The summed E-state index contributed by atoms with van der Waals surface area (Å²) in [5, 5.41) is 3.31. The lowest BCUT2D eigenvalue weighted by Crippen LogP contribution is -2.24. The highest BCUT2D eigenvalue weighted by atomic mass is 32.1. The summed E-state index contributed by atoms with van der Waals surface area (Å²) in [6.45, 7) is 3.25. The van der Waals surface area contributed by atoms with Gasteiger partial charge in [-0.25, -0.2) is 4.98 Å². The van der Waals surface area contributed by atoms with Gasteiger partial charge in [-0.05, 0) is 25.3 Å². The second-order valence-electron chi connectivity index (χ2n) is 5.36. The largest absolute Gasteiger partial charge is 0.345 e. The Labute approximate surface area is 124 Å². The number of rotatable bonds is 6. The van der Waals surface area contributed by atoms with Gasteiger partial charge in [0.25, 0.3) is 0 Å². The van der Waals surface area contributed by atoms with Gasteiger partial charge in [0, 0.05) is 30.4 Å². The van der Waals surface area contributed by atoms with Crippen LogP contribution in [0.2, 0.25) is 0 Å². The van der Waals surface area contributed by atoms with E-state index in [2.05, 4.69) is 29.3 Å². The summed E-state index contributed by atoms with van der Waals surface area (Å²) in [4.78, 5) is 7.19. The molecule has 0 saturated heterocycles. The highest BCUT2D eigenvalue weighted by molar-refractivity contribution is 7.13. The van der Waals surface area contributed by atoms with Crippen molar-refractivity contribution in [2.75, 3.05) is 11.4 Å². The Kier molecular flexibility index (Phi) is 4.03.